The minimum atomic E-state index is -0.868. The molecular weight excluding hydrogens is 372 g/mol. The van der Waals surface area contributed by atoms with E-state index in [9.17, 15) is 13.6 Å². The normalized spacial score (nSPS) is 14.8. The predicted molar refractivity (Wildman–Crippen MR) is 106 cm³/mol. The summed E-state index contributed by atoms with van der Waals surface area (Å²) in [6, 6.07) is 15.3. The Hall–Kier alpha value is -3.12. The molecular formula is C23H21F2N3O. The Balaban J connectivity index is 1.55. The zero-order valence-corrected chi connectivity index (χ0v) is 15.8. The molecule has 0 saturated heterocycles. The average Bonchev–Trinajstić information content (AvgIpc) is 2.74. The third-order valence-corrected chi connectivity index (χ3v) is 5.32. The van der Waals surface area contributed by atoms with Gasteiger partial charge in [0.05, 0.1) is 6.04 Å². The average molecular weight is 393 g/mol. The van der Waals surface area contributed by atoms with E-state index >= 15 is 0 Å². The van der Waals surface area contributed by atoms with E-state index in [1.807, 2.05) is 24.3 Å². The molecule has 1 atom stereocenters. The second-order valence-corrected chi connectivity index (χ2v) is 7.10. The molecule has 0 spiro atoms. The number of nitrogens with zero attached hydrogens (tertiary/aromatic N) is 2. The largest absolute Gasteiger partial charge is 0.350 e. The van der Waals surface area contributed by atoms with Crippen LogP contribution >= 0.6 is 0 Å². The molecule has 4 nitrogen and oxygen atoms in total. The van der Waals surface area contributed by atoms with Crippen molar-refractivity contribution in [2.75, 3.05) is 13.1 Å². The van der Waals surface area contributed by atoms with Gasteiger partial charge in [-0.15, -0.1) is 0 Å². The number of benzene rings is 2. The van der Waals surface area contributed by atoms with Crippen molar-refractivity contribution in [2.45, 2.75) is 19.0 Å². The number of amides is 1. The molecule has 2 heterocycles. The Morgan fingerprint density at radius 3 is 2.52 bits per heavy atom. The van der Waals surface area contributed by atoms with Gasteiger partial charge in [-0.1, -0.05) is 36.4 Å². The molecule has 29 heavy (non-hydrogen) atoms. The number of nitrogens with one attached hydrogen (secondary N) is 1. The minimum Gasteiger partial charge on any atom is -0.350 e. The molecule has 0 radical (unpaired) electrons. The van der Waals surface area contributed by atoms with Crippen molar-refractivity contribution in [1.29, 1.82) is 0 Å². The number of carbonyl (C=O) groups is 1. The summed E-state index contributed by atoms with van der Waals surface area (Å²) in [7, 11) is 0. The Kier molecular flexibility index (Phi) is 5.62. The number of aromatic nitrogens is 1. The molecule has 1 amide bonds. The topological polar surface area (TPSA) is 45.2 Å². The second-order valence-electron chi connectivity index (χ2n) is 7.10. The van der Waals surface area contributed by atoms with Crippen LogP contribution in [0.25, 0.3) is 0 Å². The molecule has 4 rings (SSSR count). The van der Waals surface area contributed by atoms with Crippen molar-refractivity contribution in [2.24, 2.45) is 0 Å². The molecule has 1 unspecified atom stereocenters. The van der Waals surface area contributed by atoms with E-state index in [2.05, 4.69) is 27.3 Å². The van der Waals surface area contributed by atoms with Crippen LogP contribution in [0.3, 0.4) is 0 Å². The fourth-order valence-corrected chi connectivity index (χ4v) is 3.81. The Morgan fingerprint density at radius 2 is 1.79 bits per heavy atom. The molecule has 2 aromatic carbocycles. The molecule has 1 N–H and O–H groups in total. The van der Waals surface area contributed by atoms with Gasteiger partial charge < -0.3 is 5.32 Å². The van der Waals surface area contributed by atoms with Crippen LogP contribution in [0.4, 0.5) is 8.78 Å². The zero-order chi connectivity index (χ0) is 20.2. The van der Waals surface area contributed by atoms with Gasteiger partial charge in [-0.25, -0.2) is 8.78 Å². The first-order chi connectivity index (χ1) is 14.1. The van der Waals surface area contributed by atoms with Crippen LogP contribution in [0.2, 0.25) is 0 Å². The summed E-state index contributed by atoms with van der Waals surface area (Å²) < 4.78 is 27.9. The lowest BCUT2D eigenvalue weighted by atomic mass is 9.97. The van der Waals surface area contributed by atoms with Crippen molar-refractivity contribution in [3.05, 3.63) is 101 Å². The second kappa shape index (κ2) is 8.49. The molecule has 1 aliphatic heterocycles. The third-order valence-electron chi connectivity index (χ3n) is 5.32. The van der Waals surface area contributed by atoms with Gasteiger partial charge in [0.15, 0.2) is 0 Å². The molecule has 1 aromatic heterocycles. The van der Waals surface area contributed by atoms with Gasteiger partial charge in [0, 0.05) is 32.0 Å². The third kappa shape index (κ3) is 4.17. The SMILES string of the molecule is O=C(NCC(c1cccnc1)N1CCc2ccccc2C1)c1c(F)cccc1F. The predicted octanol–water partition coefficient (Wildman–Crippen LogP) is 3.89. The quantitative estimate of drug-likeness (QED) is 0.715. The molecule has 0 aliphatic carbocycles. The van der Waals surface area contributed by atoms with Gasteiger partial charge in [-0.3, -0.25) is 14.7 Å². The first-order valence-corrected chi connectivity index (χ1v) is 9.56. The monoisotopic (exact) mass is 393 g/mol. The lowest BCUT2D eigenvalue weighted by molar-refractivity contribution is 0.0919. The van der Waals surface area contributed by atoms with E-state index in [-0.39, 0.29) is 12.6 Å². The Morgan fingerprint density at radius 1 is 1.03 bits per heavy atom. The standard InChI is InChI=1S/C23H21F2N3O/c24-19-8-3-9-20(25)22(19)23(29)27-14-21(17-7-4-11-26-13-17)28-12-10-16-5-1-2-6-18(16)15-28/h1-9,11,13,21H,10,12,14-15H2,(H,27,29). The van der Waals surface area contributed by atoms with Gasteiger partial charge in [-0.05, 0) is 41.3 Å². The Labute approximate surface area is 168 Å². The maximum atomic E-state index is 13.9. The first-order valence-electron chi connectivity index (χ1n) is 9.56. The molecule has 0 fully saturated rings. The summed E-state index contributed by atoms with van der Waals surface area (Å²) in [5.74, 6) is -2.49. The lowest BCUT2D eigenvalue weighted by Crippen LogP contribution is -2.41. The van der Waals surface area contributed by atoms with Crippen molar-refractivity contribution in [3.63, 3.8) is 0 Å². The van der Waals surface area contributed by atoms with Gasteiger partial charge in [-0.2, -0.15) is 0 Å². The lowest BCUT2D eigenvalue weighted by Gasteiger charge is -2.36. The van der Waals surface area contributed by atoms with Gasteiger partial charge in [0.2, 0.25) is 0 Å². The fourth-order valence-electron chi connectivity index (χ4n) is 3.81. The zero-order valence-electron chi connectivity index (χ0n) is 15.8. The van der Waals surface area contributed by atoms with Crippen LogP contribution in [0.15, 0.2) is 67.0 Å². The fraction of sp³-hybridized carbons (Fsp3) is 0.217. The van der Waals surface area contributed by atoms with E-state index in [4.69, 9.17) is 0 Å². The highest BCUT2D eigenvalue weighted by Crippen LogP contribution is 2.27. The van der Waals surface area contributed by atoms with Crippen molar-refractivity contribution in [1.82, 2.24) is 15.2 Å². The summed E-state index contributed by atoms with van der Waals surface area (Å²) in [4.78, 5) is 18.9. The van der Waals surface area contributed by atoms with E-state index in [0.717, 1.165) is 37.2 Å². The number of hydrogen-bond donors (Lipinski definition) is 1. The van der Waals surface area contributed by atoms with Crippen LogP contribution in [0.1, 0.15) is 33.1 Å². The van der Waals surface area contributed by atoms with E-state index in [0.29, 0.717) is 0 Å². The van der Waals surface area contributed by atoms with Crippen LogP contribution in [0, 0.1) is 11.6 Å². The first kappa shape index (κ1) is 19.2. The molecule has 0 bridgehead atoms. The summed E-state index contributed by atoms with van der Waals surface area (Å²) >= 11 is 0. The Bertz CT molecular complexity index is 990. The number of carbonyl (C=O) groups excluding carboxylic acids is 1. The van der Waals surface area contributed by atoms with Crippen LogP contribution in [0.5, 0.6) is 0 Å². The molecule has 0 saturated carbocycles. The van der Waals surface area contributed by atoms with Gasteiger partial charge in [0.25, 0.3) is 5.91 Å². The highest BCUT2D eigenvalue weighted by Gasteiger charge is 2.26. The van der Waals surface area contributed by atoms with Gasteiger partial charge in [0.1, 0.15) is 17.2 Å². The summed E-state index contributed by atoms with van der Waals surface area (Å²) in [6.07, 6.45) is 4.36. The van der Waals surface area contributed by atoms with E-state index in [1.54, 1.807) is 12.4 Å². The molecule has 3 aromatic rings. The van der Waals surface area contributed by atoms with Crippen LogP contribution in [-0.4, -0.2) is 28.9 Å². The van der Waals surface area contributed by atoms with Gasteiger partial charge >= 0.3 is 0 Å². The number of rotatable bonds is 5. The maximum Gasteiger partial charge on any atom is 0.257 e. The molecule has 6 heteroatoms. The summed E-state index contributed by atoms with van der Waals surface area (Å²) in [5.41, 5.74) is 2.97. The van der Waals surface area contributed by atoms with Crippen LogP contribution in [-0.2, 0) is 13.0 Å². The smallest absolute Gasteiger partial charge is 0.257 e. The summed E-state index contributed by atoms with van der Waals surface area (Å²) in [6.45, 7) is 1.78. The number of halogens is 2. The molecule has 148 valence electrons. The minimum absolute atomic E-state index is 0.157. The van der Waals surface area contributed by atoms with E-state index < -0.39 is 23.1 Å². The highest BCUT2D eigenvalue weighted by molar-refractivity contribution is 5.94. The van der Waals surface area contributed by atoms with Crippen molar-refractivity contribution < 1.29 is 13.6 Å². The maximum absolute atomic E-state index is 13.9. The number of pyridine rings is 1. The van der Waals surface area contributed by atoms with E-state index in [1.165, 1.54) is 17.2 Å². The van der Waals surface area contributed by atoms with Crippen LogP contribution < -0.4 is 5.32 Å². The highest BCUT2D eigenvalue weighted by atomic mass is 19.1. The van der Waals surface area contributed by atoms with Crippen molar-refractivity contribution >= 4 is 5.91 Å². The molecule has 1 aliphatic rings. The van der Waals surface area contributed by atoms with Crippen molar-refractivity contribution in [3.8, 4) is 0 Å². The number of hydrogen-bond acceptors (Lipinski definition) is 3. The summed E-state index contributed by atoms with van der Waals surface area (Å²) in [5, 5.41) is 2.71. The number of fused-ring (bicyclic) bond motifs is 1.